The van der Waals surface area contributed by atoms with Gasteiger partial charge in [0.2, 0.25) is 0 Å². The highest BCUT2D eigenvalue weighted by Gasteiger charge is 2.53. The second-order valence-electron chi connectivity index (χ2n) is 5.26. The van der Waals surface area contributed by atoms with Crippen molar-refractivity contribution in [2.45, 2.75) is 31.1 Å². The summed E-state index contributed by atoms with van der Waals surface area (Å²) in [6, 6.07) is 5.44. The lowest BCUT2D eigenvalue weighted by Crippen LogP contribution is -2.20. The summed E-state index contributed by atoms with van der Waals surface area (Å²) < 4.78 is 5.68. The van der Waals surface area contributed by atoms with Gasteiger partial charge in [0.05, 0.1) is 17.0 Å². The Morgan fingerprint density at radius 2 is 2.17 bits per heavy atom. The molecular formula is C14H15ClO3. The van der Waals surface area contributed by atoms with E-state index in [0.717, 1.165) is 0 Å². The van der Waals surface area contributed by atoms with E-state index in [1.165, 1.54) is 12.8 Å². The third-order valence-corrected chi connectivity index (χ3v) is 4.20. The average molecular weight is 267 g/mol. The van der Waals surface area contributed by atoms with Gasteiger partial charge in [-0.3, -0.25) is 4.79 Å². The van der Waals surface area contributed by atoms with Crippen LogP contribution < -0.4 is 4.74 Å². The SMILES string of the molecule is O=C(O)C1(c2cccc(OCC3CC3)c2Cl)CC1. The van der Waals surface area contributed by atoms with E-state index in [0.29, 0.717) is 41.7 Å². The normalized spacial score (nSPS) is 20.5. The molecule has 18 heavy (non-hydrogen) atoms. The minimum absolute atomic E-state index is 0.470. The Labute approximate surface area is 111 Å². The van der Waals surface area contributed by atoms with Crippen LogP contribution >= 0.6 is 11.6 Å². The van der Waals surface area contributed by atoms with E-state index in [1.54, 1.807) is 6.07 Å². The zero-order valence-electron chi connectivity index (χ0n) is 9.99. The number of ether oxygens (including phenoxy) is 1. The summed E-state index contributed by atoms with van der Waals surface area (Å²) in [5, 5.41) is 9.77. The van der Waals surface area contributed by atoms with Crippen LogP contribution in [-0.4, -0.2) is 17.7 Å². The number of aliphatic carboxylic acids is 1. The largest absolute Gasteiger partial charge is 0.492 e. The topological polar surface area (TPSA) is 46.5 Å². The van der Waals surface area contributed by atoms with Gasteiger partial charge < -0.3 is 9.84 Å². The first-order valence-electron chi connectivity index (χ1n) is 6.29. The Morgan fingerprint density at radius 1 is 1.44 bits per heavy atom. The molecule has 96 valence electrons. The number of rotatable bonds is 5. The van der Waals surface area contributed by atoms with Gasteiger partial charge in [0, 0.05) is 0 Å². The third kappa shape index (κ3) is 1.97. The molecular weight excluding hydrogens is 252 g/mol. The van der Waals surface area contributed by atoms with Crippen molar-refractivity contribution in [2.24, 2.45) is 5.92 Å². The van der Waals surface area contributed by atoms with Crippen molar-refractivity contribution >= 4 is 17.6 Å². The fourth-order valence-corrected chi connectivity index (χ4v) is 2.57. The van der Waals surface area contributed by atoms with Gasteiger partial charge in [-0.2, -0.15) is 0 Å². The summed E-state index contributed by atoms with van der Waals surface area (Å²) >= 11 is 6.29. The lowest BCUT2D eigenvalue weighted by atomic mass is 9.96. The molecule has 0 aliphatic heterocycles. The Bertz CT molecular complexity index is 490. The highest BCUT2D eigenvalue weighted by Crippen LogP contribution is 2.52. The van der Waals surface area contributed by atoms with Crippen molar-refractivity contribution < 1.29 is 14.6 Å². The number of carboxylic acid groups (broad SMARTS) is 1. The van der Waals surface area contributed by atoms with Crippen molar-refractivity contribution in [3.8, 4) is 5.75 Å². The first kappa shape index (κ1) is 11.8. The summed E-state index contributed by atoms with van der Waals surface area (Å²) in [6.45, 7) is 0.684. The van der Waals surface area contributed by atoms with Crippen molar-refractivity contribution in [2.75, 3.05) is 6.61 Å². The van der Waals surface area contributed by atoms with E-state index in [1.807, 2.05) is 12.1 Å². The van der Waals surface area contributed by atoms with E-state index < -0.39 is 11.4 Å². The predicted molar refractivity (Wildman–Crippen MR) is 68.2 cm³/mol. The van der Waals surface area contributed by atoms with Gasteiger partial charge in [-0.25, -0.2) is 0 Å². The first-order chi connectivity index (χ1) is 8.63. The molecule has 4 heteroatoms. The molecule has 2 saturated carbocycles. The lowest BCUT2D eigenvalue weighted by molar-refractivity contribution is -0.140. The summed E-state index contributed by atoms with van der Waals surface area (Å²) in [7, 11) is 0. The fourth-order valence-electron chi connectivity index (χ4n) is 2.21. The molecule has 1 aromatic carbocycles. The van der Waals surface area contributed by atoms with Crippen LogP contribution in [0.25, 0.3) is 0 Å². The van der Waals surface area contributed by atoms with Crippen LogP contribution in [0.4, 0.5) is 0 Å². The molecule has 1 aromatic rings. The van der Waals surface area contributed by atoms with E-state index in [-0.39, 0.29) is 0 Å². The minimum atomic E-state index is -0.788. The van der Waals surface area contributed by atoms with E-state index in [9.17, 15) is 9.90 Å². The smallest absolute Gasteiger partial charge is 0.314 e. The molecule has 2 aliphatic rings. The van der Waals surface area contributed by atoms with Crippen molar-refractivity contribution in [1.29, 1.82) is 0 Å². The molecule has 0 atom stereocenters. The van der Waals surface area contributed by atoms with Crippen molar-refractivity contribution in [1.82, 2.24) is 0 Å². The van der Waals surface area contributed by atoms with Crippen molar-refractivity contribution in [3.05, 3.63) is 28.8 Å². The number of hydrogen-bond acceptors (Lipinski definition) is 2. The summed E-state index contributed by atoms with van der Waals surface area (Å²) in [4.78, 5) is 11.3. The predicted octanol–water partition coefficient (Wildman–Crippen LogP) is 3.25. The quantitative estimate of drug-likeness (QED) is 0.890. The molecule has 2 fully saturated rings. The van der Waals surface area contributed by atoms with Gasteiger partial charge in [-0.05, 0) is 43.2 Å². The van der Waals surface area contributed by atoms with Crippen LogP contribution in [0, 0.1) is 5.92 Å². The molecule has 0 amide bonds. The lowest BCUT2D eigenvalue weighted by Gasteiger charge is -2.15. The molecule has 0 spiro atoms. The Morgan fingerprint density at radius 3 is 2.72 bits per heavy atom. The Balaban J connectivity index is 1.86. The standard InChI is InChI=1S/C14H15ClO3/c15-12-10(14(6-7-14)13(16)17)2-1-3-11(12)18-8-9-4-5-9/h1-3,9H,4-8H2,(H,16,17). The summed E-state index contributed by atoms with van der Waals surface area (Å²) in [5.74, 6) is 0.483. The van der Waals surface area contributed by atoms with Crippen LogP contribution in [0.2, 0.25) is 5.02 Å². The molecule has 0 saturated heterocycles. The molecule has 0 bridgehead atoms. The van der Waals surface area contributed by atoms with Crippen molar-refractivity contribution in [3.63, 3.8) is 0 Å². The van der Waals surface area contributed by atoms with Gasteiger partial charge in [-0.1, -0.05) is 23.7 Å². The number of halogens is 1. The summed E-state index contributed by atoms with van der Waals surface area (Å²) in [5.41, 5.74) is -0.0688. The molecule has 3 rings (SSSR count). The number of carbonyl (C=O) groups is 1. The van der Waals surface area contributed by atoms with E-state index in [2.05, 4.69) is 0 Å². The van der Waals surface area contributed by atoms with Crippen LogP contribution in [0.15, 0.2) is 18.2 Å². The van der Waals surface area contributed by atoms with Gasteiger partial charge in [0.1, 0.15) is 5.75 Å². The molecule has 0 heterocycles. The maximum atomic E-state index is 11.3. The maximum Gasteiger partial charge on any atom is 0.314 e. The van der Waals surface area contributed by atoms with Gasteiger partial charge in [0.25, 0.3) is 0 Å². The molecule has 0 radical (unpaired) electrons. The van der Waals surface area contributed by atoms with E-state index in [4.69, 9.17) is 16.3 Å². The third-order valence-electron chi connectivity index (χ3n) is 3.81. The number of hydrogen-bond donors (Lipinski definition) is 1. The minimum Gasteiger partial charge on any atom is -0.492 e. The van der Waals surface area contributed by atoms with Crippen LogP contribution in [-0.2, 0) is 10.2 Å². The van der Waals surface area contributed by atoms with Gasteiger partial charge >= 0.3 is 5.97 Å². The van der Waals surface area contributed by atoms with E-state index >= 15 is 0 Å². The average Bonchev–Trinajstić information content (AvgIpc) is 3.22. The molecule has 1 N–H and O–H groups in total. The van der Waals surface area contributed by atoms with Gasteiger partial charge in [0.15, 0.2) is 0 Å². The Kier molecular flexibility index (Phi) is 2.74. The second-order valence-corrected chi connectivity index (χ2v) is 5.64. The van der Waals surface area contributed by atoms with Crippen LogP contribution in [0.5, 0.6) is 5.75 Å². The zero-order valence-corrected chi connectivity index (χ0v) is 10.7. The molecule has 0 aromatic heterocycles. The molecule has 0 unspecified atom stereocenters. The highest BCUT2D eigenvalue weighted by molar-refractivity contribution is 6.33. The highest BCUT2D eigenvalue weighted by atomic mass is 35.5. The second kappa shape index (κ2) is 4.16. The zero-order chi connectivity index (χ0) is 12.8. The van der Waals surface area contributed by atoms with Crippen LogP contribution in [0.1, 0.15) is 31.2 Å². The fraction of sp³-hybridized carbons (Fsp3) is 0.500. The number of carboxylic acids is 1. The van der Waals surface area contributed by atoms with Gasteiger partial charge in [-0.15, -0.1) is 0 Å². The van der Waals surface area contributed by atoms with Crippen LogP contribution in [0.3, 0.4) is 0 Å². The molecule has 2 aliphatic carbocycles. The maximum absolute atomic E-state index is 11.3. The first-order valence-corrected chi connectivity index (χ1v) is 6.66. The summed E-state index contributed by atoms with van der Waals surface area (Å²) in [6.07, 6.45) is 3.76. The monoisotopic (exact) mass is 266 g/mol. The Hall–Kier alpha value is -1.22. The number of benzene rings is 1. The molecule has 3 nitrogen and oxygen atoms in total.